The van der Waals surface area contributed by atoms with Crippen molar-refractivity contribution in [1.82, 2.24) is 9.97 Å². The molecular weight excluding hydrogens is 250 g/mol. The van der Waals surface area contributed by atoms with E-state index in [1.165, 1.54) is 0 Å². The van der Waals surface area contributed by atoms with Gasteiger partial charge in [0.15, 0.2) is 0 Å². The predicted molar refractivity (Wildman–Crippen MR) is 70.8 cm³/mol. The molecule has 0 aliphatic heterocycles. The number of hydrogen-bond donors (Lipinski definition) is 4. The summed E-state index contributed by atoms with van der Waals surface area (Å²) in [7, 11) is 0. The molecule has 0 atom stereocenters. The lowest BCUT2D eigenvalue weighted by Crippen LogP contribution is -2.20. The normalized spacial score (nSPS) is 10.3. The monoisotopic (exact) mass is 263 g/mol. The molecule has 0 radical (unpaired) electrons. The number of hydrogen-bond acceptors (Lipinski definition) is 6. The van der Waals surface area contributed by atoms with Crippen molar-refractivity contribution in [1.29, 1.82) is 0 Å². The first kappa shape index (κ1) is 12.7. The number of carbonyl (C=O) groups excluding carboxylic acids is 1. The third-order valence-electron chi connectivity index (χ3n) is 2.37. The summed E-state index contributed by atoms with van der Waals surface area (Å²) in [4.78, 5) is 28.9. The second kappa shape index (κ2) is 5.25. The second-order valence-corrected chi connectivity index (χ2v) is 3.79. The van der Waals surface area contributed by atoms with Crippen LogP contribution in [0.5, 0.6) is 0 Å². The van der Waals surface area contributed by atoms with Crippen LogP contribution in [0.4, 0.5) is 16.4 Å². The Kier molecular flexibility index (Phi) is 3.51. The van der Waals surface area contributed by atoms with Gasteiger partial charge in [-0.1, -0.05) is 0 Å². The molecule has 0 bridgehead atoms. The minimum Gasteiger partial charge on any atom is -0.448 e. The number of anilines is 2. The van der Waals surface area contributed by atoms with Gasteiger partial charge in [0.1, 0.15) is 6.61 Å². The lowest BCUT2D eigenvalue weighted by atomic mass is 10.2. The number of benzene rings is 1. The van der Waals surface area contributed by atoms with Gasteiger partial charge in [-0.15, -0.1) is 0 Å². The van der Waals surface area contributed by atoms with E-state index in [4.69, 9.17) is 11.5 Å². The van der Waals surface area contributed by atoms with Crippen molar-refractivity contribution in [2.24, 2.45) is 5.73 Å². The molecule has 2 aromatic rings. The molecule has 1 heterocycles. The highest BCUT2D eigenvalue weighted by Crippen LogP contribution is 2.12. The van der Waals surface area contributed by atoms with Gasteiger partial charge >= 0.3 is 6.09 Å². The summed E-state index contributed by atoms with van der Waals surface area (Å²) in [6, 6.07) is 4.88. The topological polar surface area (TPSA) is 136 Å². The molecule has 2 rings (SSSR count). The predicted octanol–water partition coefficient (Wildman–Crippen LogP) is 0.0125. The average molecular weight is 263 g/mol. The number of aromatic amines is 1. The molecule has 0 aliphatic rings. The van der Waals surface area contributed by atoms with Crippen molar-refractivity contribution in [3.05, 3.63) is 28.6 Å². The van der Waals surface area contributed by atoms with Crippen molar-refractivity contribution in [3.63, 3.8) is 0 Å². The number of carbonyl (C=O) groups is 1. The summed E-state index contributed by atoms with van der Waals surface area (Å²) in [5.74, 6) is 0.287. The molecule has 0 saturated heterocycles. The molecular formula is C11H13N5O3. The number of ether oxygens (including phenoxy) is 1. The zero-order valence-corrected chi connectivity index (χ0v) is 9.97. The number of rotatable bonds is 4. The molecule has 0 fully saturated rings. The minimum atomic E-state index is -0.850. The van der Waals surface area contributed by atoms with Gasteiger partial charge in [0, 0.05) is 5.69 Å². The molecule has 1 amide bonds. The number of H-pyrrole nitrogens is 1. The zero-order valence-electron chi connectivity index (χ0n) is 9.97. The van der Waals surface area contributed by atoms with Gasteiger partial charge in [-0.2, -0.15) is 0 Å². The quantitative estimate of drug-likeness (QED) is 0.453. The van der Waals surface area contributed by atoms with Gasteiger partial charge in [0.2, 0.25) is 5.95 Å². The highest BCUT2D eigenvalue weighted by molar-refractivity contribution is 5.81. The van der Waals surface area contributed by atoms with E-state index in [2.05, 4.69) is 20.0 Å². The largest absolute Gasteiger partial charge is 0.448 e. The third kappa shape index (κ3) is 3.12. The molecule has 8 nitrogen and oxygen atoms in total. The molecule has 0 aliphatic carbocycles. The highest BCUT2D eigenvalue weighted by Gasteiger charge is 2.04. The van der Waals surface area contributed by atoms with Crippen LogP contribution in [0.1, 0.15) is 0 Å². The Balaban J connectivity index is 2.15. The fourth-order valence-electron chi connectivity index (χ4n) is 1.56. The summed E-state index contributed by atoms with van der Waals surface area (Å²) in [5, 5.41) is 3.23. The van der Waals surface area contributed by atoms with E-state index < -0.39 is 6.09 Å². The van der Waals surface area contributed by atoms with Crippen molar-refractivity contribution in [3.8, 4) is 0 Å². The van der Waals surface area contributed by atoms with Gasteiger partial charge in [-0.3, -0.25) is 9.78 Å². The van der Waals surface area contributed by atoms with Crippen molar-refractivity contribution in [2.75, 3.05) is 24.2 Å². The van der Waals surface area contributed by atoms with Crippen LogP contribution in [0.2, 0.25) is 0 Å². The summed E-state index contributed by atoms with van der Waals surface area (Å²) in [5.41, 5.74) is 11.1. The number of amides is 1. The Morgan fingerprint density at radius 3 is 3.00 bits per heavy atom. The number of nitrogens with zero attached hydrogens (tertiary/aromatic N) is 1. The van der Waals surface area contributed by atoms with E-state index in [0.29, 0.717) is 16.6 Å². The van der Waals surface area contributed by atoms with Gasteiger partial charge in [-0.25, -0.2) is 9.78 Å². The lowest BCUT2D eigenvalue weighted by Gasteiger charge is -2.06. The van der Waals surface area contributed by atoms with Crippen LogP contribution >= 0.6 is 0 Å². The third-order valence-corrected chi connectivity index (χ3v) is 2.37. The Bertz CT molecular complexity index is 667. The van der Waals surface area contributed by atoms with E-state index in [-0.39, 0.29) is 24.7 Å². The van der Waals surface area contributed by atoms with E-state index in [9.17, 15) is 9.59 Å². The number of primary amides is 1. The molecule has 1 aromatic heterocycles. The summed E-state index contributed by atoms with van der Waals surface area (Å²) in [6.45, 7) is 0.366. The van der Waals surface area contributed by atoms with E-state index in [1.54, 1.807) is 18.2 Å². The van der Waals surface area contributed by atoms with Gasteiger partial charge < -0.3 is 21.5 Å². The average Bonchev–Trinajstić information content (AvgIpc) is 2.35. The maximum atomic E-state index is 11.8. The molecule has 8 heteroatoms. The van der Waals surface area contributed by atoms with Gasteiger partial charge in [-0.05, 0) is 18.2 Å². The summed E-state index contributed by atoms with van der Waals surface area (Å²) >= 11 is 0. The molecule has 1 aromatic carbocycles. The fraction of sp³-hybridized carbons (Fsp3) is 0.182. The molecule has 0 spiro atoms. The Morgan fingerprint density at radius 1 is 1.47 bits per heavy atom. The van der Waals surface area contributed by atoms with Gasteiger partial charge in [0.25, 0.3) is 5.56 Å². The number of aromatic nitrogens is 2. The van der Waals surface area contributed by atoms with Crippen molar-refractivity contribution >= 4 is 28.6 Å². The molecule has 0 saturated carbocycles. The highest BCUT2D eigenvalue weighted by atomic mass is 16.5. The summed E-state index contributed by atoms with van der Waals surface area (Å²) < 4.78 is 4.54. The van der Waals surface area contributed by atoms with Crippen molar-refractivity contribution in [2.45, 2.75) is 0 Å². The van der Waals surface area contributed by atoms with Crippen molar-refractivity contribution < 1.29 is 9.53 Å². The number of fused-ring (bicyclic) bond motifs is 1. The standard InChI is InChI=1S/C11H13N5O3/c12-6-1-2-8-7(5-6)9(17)16-11(15-8)14-3-4-19-10(13)18/h1-2,5H,3-4,12H2,(H2,13,18)(H2,14,15,16,17). The van der Waals surface area contributed by atoms with E-state index >= 15 is 0 Å². The number of nitrogen functional groups attached to an aromatic ring is 1. The maximum Gasteiger partial charge on any atom is 0.404 e. The van der Waals surface area contributed by atoms with Crippen LogP contribution in [-0.2, 0) is 4.74 Å². The lowest BCUT2D eigenvalue weighted by molar-refractivity contribution is 0.161. The Hall–Kier alpha value is -2.77. The molecule has 100 valence electrons. The maximum absolute atomic E-state index is 11.8. The van der Waals surface area contributed by atoms with Gasteiger partial charge in [0.05, 0.1) is 17.4 Å². The molecule has 19 heavy (non-hydrogen) atoms. The van der Waals surface area contributed by atoms with Crippen LogP contribution < -0.4 is 22.3 Å². The molecule has 0 unspecified atom stereocenters. The molecule has 6 N–H and O–H groups in total. The Morgan fingerprint density at radius 2 is 2.26 bits per heavy atom. The van der Waals surface area contributed by atoms with Crippen LogP contribution in [0.15, 0.2) is 23.0 Å². The summed E-state index contributed by atoms with van der Waals surface area (Å²) in [6.07, 6.45) is -0.850. The second-order valence-electron chi connectivity index (χ2n) is 3.79. The van der Waals surface area contributed by atoms with E-state index in [1.807, 2.05) is 0 Å². The number of nitrogens with two attached hydrogens (primary N) is 2. The minimum absolute atomic E-state index is 0.0822. The van der Waals surface area contributed by atoms with Crippen LogP contribution in [0, 0.1) is 0 Å². The Labute approximate surface area is 107 Å². The number of nitrogens with one attached hydrogen (secondary N) is 2. The smallest absolute Gasteiger partial charge is 0.404 e. The SMILES string of the molecule is NC(=O)OCCNc1nc2ccc(N)cc2c(=O)[nH]1. The zero-order chi connectivity index (χ0) is 13.8. The van der Waals surface area contributed by atoms with Crippen LogP contribution in [0.3, 0.4) is 0 Å². The van der Waals surface area contributed by atoms with E-state index in [0.717, 1.165) is 0 Å². The van der Waals surface area contributed by atoms with Crippen LogP contribution in [-0.4, -0.2) is 29.2 Å². The first-order chi connectivity index (χ1) is 9.06. The first-order valence-electron chi connectivity index (χ1n) is 5.52. The first-order valence-corrected chi connectivity index (χ1v) is 5.52. The van der Waals surface area contributed by atoms with Crippen LogP contribution in [0.25, 0.3) is 10.9 Å². The fourth-order valence-corrected chi connectivity index (χ4v) is 1.56.